The number of ether oxygens (including phenoxy) is 2. The number of para-hydroxylation sites is 1. The number of nitrogens with zero attached hydrogens (tertiary/aromatic N) is 2. The number of aliphatic imine (C=N–C) groups is 1. The van der Waals surface area contributed by atoms with E-state index in [2.05, 4.69) is 31.0 Å². The molecule has 0 unspecified atom stereocenters. The number of fused-ring (bicyclic) bond motifs is 2. The number of carbonyl (C=O) groups excluding carboxylic acids is 5. The highest BCUT2D eigenvalue weighted by molar-refractivity contribution is 7.90. The fraction of sp³-hybridized carbons (Fsp3) is 0.435. The van der Waals surface area contributed by atoms with E-state index in [0.717, 1.165) is 16.7 Å². The van der Waals surface area contributed by atoms with Crippen molar-refractivity contribution in [3.05, 3.63) is 94.2 Å². The molecule has 3 aromatic carbocycles. The number of nitrogens with one attached hydrogen (secondary N) is 5. The number of rotatable bonds is 10. The van der Waals surface area contributed by atoms with Crippen LogP contribution in [0, 0.1) is 20.8 Å². The lowest BCUT2D eigenvalue weighted by molar-refractivity contribution is -0.135. The van der Waals surface area contributed by atoms with E-state index in [0.29, 0.717) is 39.8 Å². The van der Waals surface area contributed by atoms with Gasteiger partial charge in [-0.2, -0.15) is 0 Å². The first-order valence-corrected chi connectivity index (χ1v) is 22.7. The van der Waals surface area contributed by atoms with Crippen molar-refractivity contribution in [3.63, 3.8) is 0 Å². The minimum atomic E-state index is -4.18. The highest BCUT2D eigenvalue weighted by Gasteiger charge is 2.37. The second-order valence-corrected chi connectivity index (χ2v) is 19.6. The number of hydrogen-bond donors (Lipinski definition) is 6. The summed E-state index contributed by atoms with van der Waals surface area (Å²) >= 11 is 0. The van der Waals surface area contributed by atoms with E-state index in [1.54, 1.807) is 89.3 Å². The van der Waals surface area contributed by atoms with Gasteiger partial charge in [-0.15, -0.1) is 0 Å². The maximum Gasteiger partial charge on any atom is 0.419 e. The van der Waals surface area contributed by atoms with Crippen LogP contribution in [0.2, 0.25) is 0 Å². The standard InChI is InChI=1S/C46H58N8O9S/c1-26-27(2)39(28(3)32-23-46(7,8)62-38(26)32)64(60,61)53-43(47)48-20-14-18-33-41(57)52-35(22-30-25-54(44(59)63-45(4,5)6)36-19-13-12-17-31(30)36)40(56)49-24-37(55)50-34(42(58)51-33)21-29-15-10-9-11-16-29/h9-13,15-17,19,25,33-35H,14,18,20-24H2,1-8H3,(H,49,56)(H,50,55)(H,51,58)(H,52,57)(H3,47,48,53)/t33-,34+,35+/m1/s1. The van der Waals surface area contributed by atoms with Crippen molar-refractivity contribution in [1.29, 1.82) is 0 Å². The first-order chi connectivity index (χ1) is 30.0. The molecule has 2 aliphatic rings. The van der Waals surface area contributed by atoms with E-state index in [-0.39, 0.29) is 43.1 Å². The zero-order valence-corrected chi connectivity index (χ0v) is 38.3. The van der Waals surface area contributed by atoms with Gasteiger partial charge in [0.1, 0.15) is 35.1 Å². The average molecular weight is 899 g/mol. The minimum Gasteiger partial charge on any atom is -0.487 e. The molecule has 0 spiro atoms. The van der Waals surface area contributed by atoms with Crippen molar-refractivity contribution >= 4 is 56.6 Å². The van der Waals surface area contributed by atoms with Crippen molar-refractivity contribution in [2.75, 3.05) is 13.1 Å². The first kappa shape index (κ1) is 47.1. The van der Waals surface area contributed by atoms with Gasteiger partial charge in [-0.1, -0.05) is 48.5 Å². The normalized spacial score (nSPS) is 19.6. The molecule has 1 fully saturated rings. The molecule has 7 N–H and O–H groups in total. The third-order valence-electron chi connectivity index (χ3n) is 11.2. The van der Waals surface area contributed by atoms with E-state index in [1.807, 2.05) is 26.8 Å². The van der Waals surface area contributed by atoms with Crippen LogP contribution >= 0.6 is 0 Å². The summed E-state index contributed by atoms with van der Waals surface area (Å²) in [4.78, 5) is 72.8. The van der Waals surface area contributed by atoms with Crippen molar-refractivity contribution < 1.29 is 41.9 Å². The Morgan fingerprint density at radius 1 is 0.891 bits per heavy atom. The number of amides is 4. The van der Waals surface area contributed by atoms with Crippen LogP contribution in [0.15, 0.2) is 70.7 Å². The predicted octanol–water partition coefficient (Wildman–Crippen LogP) is 3.51. The van der Waals surface area contributed by atoms with Crippen molar-refractivity contribution in [1.82, 2.24) is 30.6 Å². The van der Waals surface area contributed by atoms with Crippen LogP contribution in [0.4, 0.5) is 4.79 Å². The molecule has 3 atom stereocenters. The lowest BCUT2D eigenvalue weighted by Gasteiger charge is -2.27. The molecule has 1 saturated heterocycles. The Bertz CT molecular complexity index is 2620. The van der Waals surface area contributed by atoms with Gasteiger partial charge in [0, 0.05) is 43.0 Å². The Balaban J connectivity index is 1.23. The van der Waals surface area contributed by atoms with Gasteiger partial charge >= 0.3 is 6.09 Å². The molecule has 1 aromatic heterocycles. The number of guanidine groups is 1. The van der Waals surface area contributed by atoms with E-state index in [9.17, 15) is 32.4 Å². The van der Waals surface area contributed by atoms with E-state index >= 15 is 0 Å². The van der Waals surface area contributed by atoms with Gasteiger partial charge in [-0.3, -0.25) is 28.7 Å². The summed E-state index contributed by atoms with van der Waals surface area (Å²) in [7, 11) is -4.18. The predicted molar refractivity (Wildman–Crippen MR) is 241 cm³/mol. The number of sulfonamides is 1. The molecule has 17 nitrogen and oxygen atoms in total. The van der Waals surface area contributed by atoms with Crippen molar-refractivity contribution in [3.8, 4) is 5.75 Å². The van der Waals surface area contributed by atoms with E-state index in [4.69, 9.17) is 15.2 Å². The highest BCUT2D eigenvalue weighted by Crippen LogP contribution is 2.43. The smallest absolute Gasteiger partial charge is 0.419 e. The molecule has 6 rings (SSSR count). The van der Waals surface area contributed by atoms with Gasteiger partial charge in [0.2, 0.25) is 29.6 Å². The Kier molecular flexibility index (Phi) is 13.8. The molecule has 4 amide bonds. The highest BCUT2D eigenvalue weighted by atomic mass is 32.2. The third kappa shape index (κ3) is 11.0. The molecule has 0 saturated carbocycles. The summed E-state index contributed by atoms with van der Waals surface area (Å²) in [5, 5.41) is 11.5. The zero-order valence-electron chi connectivity index (χ0n) is 37.5. The molecule has 342 valence electrons. The van der Waals surface area contributed by atoms with Gasteiger partial charge in [0.05, 0.1) is 17.0 Å². The minimum absolute atomic E-state index is 0.0165. The van der Waals surface area contributed by atoms with Crippen LogP contribution in [0.1, 0.15) is 80.8 Å². The summed E-state index contributed by atoms with van der Waals surface area (Å²) in [6.07, 6.45) is 1.58. The molecule has 0 aliphatic carbocycles. The largest absolute Gasteiger partial charge is 0.487 e. The summed E-state index contributed by atoms with van der Waals surface area (Å²) < 4.78 is 43.0. The lowest BCUT2D eigenvalue weighted by Crippen LogP contribution is -2.60. The second kappa shape index (κ2) is 18.7. The number of nitrogens with two attached hydrogens (primary N) is 1. The lowest BCUT2D eigenvalue weighted by atomic mass is 9.94. The Labute approximate surface area is 373 Å². The maximum atomic E-state index is 14.2. The molecule has 64 heavy (non-hydrogen) atoms. The summed E-state index contributed by atoms with van der Waals surface area (Å²) in [5.74, 6) is -2.31. The van der Waals surface area contributed by atoms with Gasteiger partial charge in [-0.05, 0) is 102 Å². The Hall–Kier alpha value is -6.43. The molecule has 18 heteroatoms. The molecule has 3 heterocycles. The SMILES string of the molecule is Cc1c(C)c(S(=O)(=O)NC(N)=NCCC[C@H]2NC(=O)[C@H](Cc3ccccc3)NC(=O)CNC(=O)[C@H](Cc3cn(C(=O)OC(C)(C)C)c4ccccc34)NC2=O)c(C)c2c1OC(C)(C)C2. The van der Waals surface area contributed by atoms with E-state index < -0.39 is 75.6 Å². The van der Waals surface area contributed by atoms with Crippen LogP contribution in [-0.4, -0.2) is 91.1 Å². The molecule has 0 radical (unpaired) electrons. The number of hydrogen-bond acceptors (Lipinski definition) is 10. The Morgan fingerprint density at radius 3 is 2.23 bits per heavy atom. The summed E-state index contributed by atoms with van der Waals surface area (Å²) in [6, 6.07) is 12.4. The van der Waals surface area contributed by atoms with Gasteiger partial charge in [0.15, 0.2) is 0 Å². The summed E-state index contributed by atoms with van der Waals surface area (Å²) in [6.45, 7) is 13.9. The van der Waals surface area contributed by atoms with Gasteiger partial charge in [0.25, 0.3) is 10.0 Å². The van der Waals surface area contributed by atoms with Crippen LogP contribution in [0.25, 0.3) is 10.9 Å². The number of aromatic nitrogens is 1. The van der Waals surface area contributed by atoms with Crippen LogP contribution < -0.4 is 36.5 Å². The number of benzene rings is 3. The van der Waals surface area contributed by atoms with Gasteiger partial charge < -0.3 is 36.5 Å². The van der Waals surface area contributed by atoms with Crippen LogP contribution in [0.3, 0.4) is 0 Å². The first-order valence-electron chi connectivity index (χ1n) is 21.2. The average Bonchev–Trinajstić information content (AvgIpc) is 3.75. The monoisotopic (exact) mass is 898 g/mol. The second-order valence-electron chi connectivity index (χ2n) is 17.9. The quantitative estimate of drug-likeness (QED) is 0.0769. The summed E-state index contributed by atoms with van der Waals surface area (Å²) in [5.41, 5.74) is 9.31. The van der Waals surface area contributed by atoms with E-state index in [1.165, 1.54) is 4.57 Å². The number of carbonyl (C=O) groups is 5. The van der Waals surface area contributed by atoms with Crippen molar-refractivity contribution in [2.45, 2.75) is 122 Å². The van der Waals surface area contributed by atoms with Crippen LogP contribution in [-0.2, 0) is 53.2 Å². The fourth-order valence-corrected chi connectivity index (χ4v) is 9.60. The van der Waals surface area contributed by atoms with Gasteiger partial charge in [-0.25, -0.2) is 17.9 Å². The fourth-order valence-electron chi connectivity index (χ4n) is 8.08. The van der Waals surface area contributed by atoms with Crippen LogP contribution in [0.5, 0.6) is 5.75 Å². The van der Waals surface area contributed by atoms with Crippen molar-refractivity contribution in [2.24, 2.45) is 10.7 Å². The molecule has 2 aliphatic heterocycles. The zero-order chi connectivity index (χ0) is 46.7. The Morgan fingerprint density at radius 2 is 1.53 bits per heavy atom. The topological polar surface area (TPSA) is 241 Å². The molecular formula is C46H58N8O9S. The third-order valence-corrected chi connectivity index (χ3v) is 12.8. The molecular weight excluding hydrogens is 841 g/mol. The maximum absolute atomic E-state index is 14.2. The molecule has 4 aromatic rings. The molecule has 0 bridgehead atoms.